The number of hydrogen-bond donors (Lipinski definition) is 1. The van der Waals surface area contributed by atoms with Crippen LogP contribution in [-0.4, -0.2) is 14.5 Å². The lowest BCUT2D eigenvalue weighted by molar-refractivity contribution is -0.445. The highest BCUT2D eigenvalue weighted by Crippen LogP contribution is 2.24. The Bertz CT molecular complexity index is 788. The number of rotatable bonds is 4. The molecule has 1 aromatic carbocycles. The van der Waals surface area contributed by atoms with Crippen molar-refractivity contribution < 1.29 is 9.96 Å². The molecule has 0 aliphatic heterocycles. The third kappa shape index (κ3) is 3.15. The van der Waals surface area contributed by atoms with Gasteiger partial charge in [0.15, 0.2) is 5.03 Å². The maximum Gasteiger partial charge on any atom is 0.271 e. The van der Waals surface area contributed by atoms with E-state index >= 15 is 0 Å². The van der Waals surface area contributed by atoms with Crippen molar-refractivity contribution in [3.63, 3.8) is 0 Å². The first-order valence-corrected chi connectivity index (χ1v) is 5.84. The van der Waals surface area contributed by atoms with Gasteiger partial charge in [-0.1, -0.05) is 11.6 Å². The molecule has 0 unspecified atom stereocenters. The average Bonchev–Trinajstić information content (AvgIpc) is 2.39. The second kappa shape index (κ2) is 5.59. The van der Waals surface area contributed by atoms with Crippen molar-refractivity contribution >= 4 is 23.0 Å². The molecule has 0 saturated heterocycles. The SMILES string of the molecule is O=c1cc(N[N+](=O)[O-])ccn1-c1cc([N+](=O)[O-])ccc1Cl. The number of hydrazine groups is 1. The molecule has 1 heterocycles. The minimum absolute atomic E-state index is 0.0113. The fourth-order valence-corrected chi connectivity index (χ4v) is 1.86. The molecule has 0 amide bonds. The van der Waals surface area contributed by atoms with Crippen molar-refractivity contribution in [2.45, 2.75) is 0 Å². The van der Waals surface area contributed by atoms with Crippen LogP contribution in [0.5, 0.6) is 0 Å². The highest BCUT2D eigenvalue weighted by Gasteiger charge is 2.13. The molecular formula is C11H7ClN4O5. The van der Waals surface area contributed by atoms with Crippen LogP contribution in [-0.2, 0) is 0 Å². The van der Waals surface area contributed by atoms with Crippen LogP contribution >= 0.6 is 11.6 Å². The Morgan fingerprint density at radius 1 is 1.14 bits per heavy atom. The minimum atomic E-state index is -0.806. The predicted octanol–water partition coefficient (Wildman–Crippen LogP) is 2.00. The number of nitrogens with one attached hydrogen (secondary N) is 1. The van der Waals surface area contributed by atoms with Gasteiger partial charge in [0.1, 0.15) is 5.69 Å². The van der Waals surface area contributed by atoms with Gasteiger partial charge in [0.25, 0.3) is 11.2 Å². The minimum Gasteiger partial charge on any atom is -0.282 e. The van der Waals surface area contributed by atoms with Crippen LogP contribution in [0.2, 0.25) is 5.02 Å². The van der Waals surface area contributed by atoms with Gasteiger partial charge in [0, 0.05) is 24.4 Å². The lowest BCUT2D eigenvalue weighted by Crippen LogP contribution is -2.19. The molecule has 2 aromatic rings. The van der Waals surface area contributed by atoms with E-state index in [1.165, 1.54) is 24.4 Å². The third-order valence-corrected chi connectivity index (χ3v) is 2.86. The summed E-state index contributed by atoms with van der Waals surface area (Å²) in [5, 5.41) is 20.4. The number of halogens is 1. The van der Waals surface area contributed by atoms with Gasteiger partial charge in [-0.15, -0.1) is 5.43 Å². The van der Waals surface area contributed by atoms with Gasteiger partial charge >= 0.3 is 0 Å². The average molecular weight is 311 g/mol. The van der Waals surface area contributed by atoms with E-state index in [-0.39, 0.29) is 22.1 Å². The van der Waals surface area contributed by atoms with Crippen molar-refractivity contribution in [2.75, 3.05) is 5.43 Å². The van der Waals surface area contributed by atoms with E-state index in [1.54, 1.807) is 0 Å². The van der Waals surface area contributed by atoms with E-state index in [1.807, 2.05) is 5.43 Å². The summed E-state index contributed by atoms with van der Waals surface area (Å²) in [5.41, 5.74) is 1.09. The molecule has 0 spiro atoms. The molecule has 0 radical (unpaired) electrons. The van der Waals surface area contributed by atoms with Crippen LogP contribution in [0.25, 0.3) is 5.69 Å². The fraction of sp³-hybridized carbons (Fsp3) is 0. The molecule has 0 aliphatic rings. The second-order valence-electron chi connectivity index (χ2n) is 3.89. The molecular weight excluding hydrogens is 304 g/mol. The Morgan fingerprint density at radius 3 is 2.43 bits per heavy atom. The van der Waals surface area contributed by atoms with E-state index in [4.69, 9.17) is 11.6 Å². The van der Waals surface area contributed by atoms with Crippen molar-refractivity contribution in [3.05, 3.63) is 72.1 Å². The molecule has 0 saturated carbocycles. The van der Waals surface area contributed by atoms with Crippen LogP contribution in [0.1, 0.15) is 0 Å². The van der Waals surface area contributed by atoms with Crippen molar-refractivity contribution in [1.29, 1.82) is 0 Å². The van der Waals surface area contributed by atoms with Gasteiger partial charge in [0.05, 0.1) is 15.6 Å². The largest absolute Gasteiger partial charge is 0.282 e. The van der Waals surface area contributed by atoms with Crippen LogP contribution in [0.3, 0.4) is 0 Å². The number of pyridine rings is 1. The monoisotopic (exact) mass is 310 g/mol. The number of benzene rings is 1. The number of anilines is 1. The van der Waals surface area contributed by atoms with Gasteiger partial charge in [-0.25, -0.2) is 10.1 Å². The number of nitrogens with zero attached hydrogens (tertiary/aromatic N) is 3. The van der Waals surface area contributed by atoms with Crippen LogP contribution in [0.15, 0.2) is 41.3 Å². The summed E-state index contributed by atoms with van der Waals surface area (Å²) in [6, 6.07) is 5.91. The first kappa shape index (κ1) is 14.5. The normalized spacial score (nSPS) is 10.1. The Labute approximate surface area is 121 Å². The number of nitro benzene ring substituents is 1. The first-order chi connectivity index (χ1) is 9.88. The van der Waals surface area contributed by atoms with Crippen molar-refractivity contribution in [2.24, 2.45) is 0 Å². The third-order valence-electron chi connectivity index (χ3n) is 2.54. The van der Waals surface area contributed by atoms with E-state index in [0.717, 1.165) is 16.7 Å². The highest BCUT2D eigenvalue weighted by atomic mass is 35.5. The van der Waals surface area contributed by atoms with Gasteiger partial charge in [-0.3, -0.25) is 19.5 Å². The zero-order chi connectivity index (χ0) is 15.6. The molecule has 21 heavy (non-hydrogen) atoms. The zero-order valence-corrected chi connectivity index (χ0v) is 11.0. The molecule has 0 bridgehead atoms. The summed E-state index contributed by atoms with van der Waals surface area (Å²) < 4.78 is 1.06. The Balaban J connectivity index is 2.52. The van der Waals surface area contributed by atoms with E-state index in [0.29, 0.717) is 0 Å². The van der Waals surface area contributed by atoms with E-state index < -0.39 is 15.5 Å². The number of non-ortho nitro benzene ring substituents is 1. The summed E-state index contributed by atoms with van der Waals surface area (Å²) in [4.78, 5) is 32.4. The number of hydrogen-bond acceptors (Lipinski definition) is 5. The molecule has 0 aliphatic carbocycles. The molecule has 1 aromatic heterocycles. The molecule has 9 nitrogen and oxygen atoms in total. The molecule has 2 rings (SSSR count). The molecule has 0 atom stereocenters. The summed E-state index contributed by atoms with van der Waals surface area (Å²) in [6.07, 6.45) is 1.24. The second-order valence-corrected chi connectivity index (χ2v) is 4.29. The first-order valence-electron chi connectivity index (χ1n) is 5.46. The van der Waals surface area contributed by atoms with E-state index in [2.05, 4.69) is 0 Å². The van der Waals surface area contributed by atoms with Gasteiger partial charge in [0.2, 0.25) is 0 Å². The predicted molar refractivity (Wildman–Crippen MR) is 74.3 cm³/mol. The quantitative estimate of drug-likeness (QED) is 0.681. The summed E-state index contributed by atoms with van der Waals surface area (Å²) in [6.45, 7) is 0. The Hall–Kier alpha value is -2.94. The van der Waals surface area contributed by atoms with E-state index in [9.17, 15) is 25.0 Å². The maximum absolute atomic E-state index is 11.9. The topological polar surface area (TPSA) is 120 Å². The Kier molecular flexibility index (Phi) is 3.85. The fourth-order valence-electron chi connectivity index (χ4n) is 1.65. The number of aromatic nitrogens is 1. The Morgan fingerprint density at radius 2 is 1.86 bits per heavy atom. The maximum atomic E-state index is 11.9. The zero-order valence-electron chi connectivity index (χ0n) is 10.2. The lowest BCUT2D eigenvalue weighted by Gasteiger charge is -2.08. The van der Waals surface area contributed by atoms with Gasteiger partial charge in [-0.2, -0.15) is 0 Å². The molecule has 108 valence electrons. The highest BCUT2D eigenvalue weighted by molar-refractivity contribution is 6.32. The van der Waals surface area contributed by atoms with Crippen LogP contribution < -0.4 is 11.0 Å². The van der Waals surface area contributed by atoms with Crippen LogP contribution in [0.4, 0.5) is 11.4 Å². The van der Waals surface area contributed by atoms with Crippen LogP contribution in [0, 0.1) is 20.2 Å². The summed E-state index contributed by atoms with van der Waals surface area (Å²) in [5.74, 6) is 0. The summed E-state index contributed by atoms with van der Waals surface area (Å²) >= 11 is 5.93. The van der Waals surface area contributed by atoms with Crippen molar-refractivity contribution in [1.82, 2.24) is 4.57 Å². The van der Waals surface area contributed by atoms with Gasteiger partial charge in [-0.05, 0) is 12.1 Å². The standard InChI is InChI=1S/C11H7ClN4O5/c12-9-2-1-8(15(18)19)6-10(9)14-4-3-7(5-11(14)17)13-16(20)21/h1-6,13H. The summed E-state index contributed by atoms with van der Waals surface area (Å²) in [7, 11) is 0. The molecule has 0 fully saturated rings. The lowest BCUT2D eigenvalue weighted by atomic mass is 10.2. The molecule has 1 N–H and O–H groups in total. The smallest absolute Gasteiger partial charge is 0.271 e. The van der Waals surface area contributed by atoms with Gasteiger partial charge < -0.3 is 0 Å². The van der Waals surface area contributed by atoms with Crippen molar-refractivity contribution in [3.8, 4) is 5.69 Å². The number of nitro groups is 2. The molecule has 10 heteroatoms.